The number of rotatable bonds is 11. The summed E-state index contributed by atoms with van der Waals surface area (Å²) in [5, 5.41) is 22.9. The molecule has 0 saturated carbocycles. The Morgan fingerprint density at radius 2 is 1.86 bits per heavy atom. The van der Waals surface area contributed by atoms with E-state index in [1.54, 1.807) is 17.9 Å². The van der Waals surface area contributed by atoms with E-state index in [4.69, 9.17) is 9.47 Å². The van der Waals surface area contributed by atoms with E-state index < -0.39 is 20.6 Å². The van der Waals surface area contributed by atoms with Crippen LogP contribution in [-0.4, -0.2) is 55.9 Å². The summed E-state index contributed by atoms with van der Waals surface area (Å²) in [6.45, 7) is 4.63. The molecular formula is C23H28F2N6O4Si. The van der Waals surface area contributed by atoms with Crippen molar-refractivity contribution in [3.05, 3.63) is 48.8 Å². The molecule has 0 unspecified atom stereocenters. The van der Waals surface area contributed by atoms with Crippen molar-refractivity contribution in [1.82, 2.24) is 29.5 Å². The Kier molecular flexibility index (Phi) is 7.40. The van der Waals surface area contributed by atoms with Gasteiger partial charge >= 0.3 is 6.61 Å². The molecule has 0 amide bonds. The van der Waals surface area contributed by atoms with Crippen LogP contribution in [0.15, 0.2) is 48.8 Å². The first-order chi connectivity index (χ1) is 17.1. The molecule has 0 bridgehead atoms. The first-order valence-corrected chi connectivity index (χ1v) is 15.0. The van der Waals surface area contributed by atoms with Gasteiger partial charge in [0, 0.05) is 33.4 Å². The summed E-state index contributed by atoms with van der Waals surface area (Å²) >= 11 is 0. The van der Waals surface area contributed by atoms with Gasteiger partial charge in [0.05, 0.1) is 18.0 Å². The number of aromatic nitrogens is 6. The van der Waals surface area contributed by atoms with Crippen LogP contribution >= 0.6 is 0 Å². The Hall–Kier alpha value is -3.71. The first kappa shape index (κ1) is 25.4. The maximum Gasteiger partial charge on any atom is 0.407 e. The highest BCUT2D eigenvalue weighted by atomic mass is 28.3. The lowest BCUT2D eigenvalue weighted by molar-refractivity contribution is -0.147. The number of hydrogen-bond acceptors (Lipinski definition) is 7. The van der Waals surface area contributed by atoms with Crippen LogP contribution < -0.4 is 9.57 Å². The van der Waals surface area contributed by atoms with E-state index in [1.807, 2.05) is 30.3 Å². The minimum Gasteiger partial charge on any atom is -0.491 e. The van der Waals surface area contributed by atoms with Gasteiger partial charge in [-0.15, -0.1) is 5.10 Å². The molecule has 3 heterocycles. The van der Waals surface area contributed by atoms with E-state index >= 15 is 0 Å². The highest BCUT2D eigenvalue weighted by molar-refractivity contribution is 6.76. The van der Waals surface area contributed by atoms with Crippen LogP contribution in [0.5, 0.6) is 17.5 Å². The normalized spacial score (nSPS) is 11.9. The summed E-state index contributed by atoms with van der Waals surface area (Å²) in [5.74, 6) is 0.0947. The Labute approximate surface area is 207 Å². The molecule has 0 atom stereocenters. The topological polar surface area (TPSA) is 101 Å². The Morgan fingerprint density at radius 1 is 1.11 bits per heavy atom. The average Bonchev–Trinajstić information content (AvgIpc) is 3.49. The summed E-state index contributed by atoms with van der Waals surface area (Å²) in [6.07, 6.45) is 3.22. The van der Waals surface area contributed by atoms with Crippen molar-refractivity contribution in [2.24, 2.45) is 7.05 Å². The van der Waals surface area contributed by atoms with Gasteiger partial charge in [0.1, 0.15) is 18.1 Å². The maximum absolute atomic E-state index is 12.7. The molecule has 0 radical (unpaired) electrons. The molecule has 1 N–H and O–H groups in total. The quantitative estimate of drug-likeness (QED) is 0.229. The Morgan fingerprint density at radius 3 is 2.56 bits per heavy atom. The largest absolute Gasteiger partial charge is 0.491 e. The van der Waals surface area contributed by atoms with Crippen LogP contribution in [0, 0.1) is 0 Å². The lowest BCUT2D eigenvalue weighted by Gasteiger charge is -2.15. The second-order valence-corrected chi connectivity index (χ2v) is 14.9. The predicted molar refractivity (Wildman–Crippen MR) is 131 cm³/mol. The van der Waals surface area contributed by atoms with Gasteiger partial charge in [-0.1, -0.05) is 54.8 Å². The third-order valence-electron chi connectivity index (χ3n) is 5.18. The minimum absolute atomic E-state index is 0.136. The Balaban J connectivity index is 1.63. The summed E-state index contributed by atoms with van der Waals surface area (Å²) in [4.78, 5) is 4.62. The zero-order valence-electron chi connectivity index (χ0n) is 20.4. The number of nitrogens with zero attached hydrogens (tertiary/aromatic N) is 6. The zero-order valence-corrected chi connectivity index (χ0v) is 21.4. The third kappa shape index (κ3) is 6.09. The fraction of sp³-hybridized carbons (Fsp3) is 0.348. The van der Waals surface area contributed by atoms with Crippen LogP contribution in [0.25, 0.3) is 22.5 Å². The minimum atomic E-state index is -3.17. The highest BCUT2D eigenvalue weighted by Gasteiger charge is 2.26. The van der Waals surface area contributed by atoms with Gasteiger partial charge in [-0.2, -0.15) is 19.0 Å². The molecule has 3 aromatic heterocycles. The number of benzene rings is 1. The fourth-order valence-corrected chi connectivity index (χ4v) is 4.16. The lowest BCUT2D eigenvalue weighted by Crippen LogP contribution is -2.22. The van der Waals surface area contributed by atoms with Crippen molar-refractivity contribution >= 4 is 8.07 Å². The van der Waals surface area contributed by atoms with Crippen LogP contribution in [0.3, 0.4) is 0 Å². The summed E-state index contributed by atoms with van der Waals surface area (Å²) in [6, 6.07) is 11.5. The average molecular weight is 519 g/mol. The lowest BCUT2D eigenvalue weighted by atomic mass is 10.1. The second kappa shape index (κ2) is 10.5. The predicted octanol–water partition coefficient (Wildman–Crippen LogP) is 4.61. The van der Waals surface area contributed by atoms with E-state index in [0.717, 1.165) is 11.6 Å². The van der Waals surface area contributed by atoms with Gasteiger partial charge in [0.2, 0.25) is 11.8 Å². The van der Waals surface area contributed by atoms with Gasteiger partial charge < -0.3 is 19.4 Å². The summed E-state index contributed by atoms with van der Waals surface area (Å²) in [7, 11) is 0.494. The Bertz CT molecular complexity index is 1300. The van der Waals surface area contributed by atoms with Crippen molar-refractivity contribution in [2.45, 2.75) is 39.0 Å². The highest BCUT2D eigenvalue weighted by Crippen LogP contribution is 2.41. The molecule has 0 aliphatic carbocycles. The molecule has 0 spiro atoms. The number of aromatic hydroxyl groups is 1. The molecular weight excluding hydrogens is 490 g/mol. The molecule has 10 nitrogen and oxygen atoms in total. The van der Waals surface area contributed by atoms with E-state index in [2.05, 4.69) is 39.8 Å². The monoisotopic (exact) mass is 518 g/mol. The van der Waals surface area contributed by atoms with E-state index in [9.17, 15) is 13.9 Å². The van der Waals surface area contributed by atoms with Gasteiger partial charge in [-0.3, -0.25) is 0 Å². The number of hydrogen-bond donors (Lipinski definition) is 1. The molecule has 0 aliphatic heterocycles. The van der Waals surface area contributed by atoms with E-state index in [1.165, 1.54) is 16.9 Å². The van der Waals surface area contributed by atoms with Crippen LogP contribution in [-0.2, 0) is 18.5 Å². The molecule has 1 aromatic carbocycles. The summed E-state index contributed by atoms with van der Waals surface area (Å²) in [5.41, 5.74) is 1.75. The number of halogens is 2. The van der Waals surface area contributed by atoms with Gasteiger partial charge in [0.25, 0.3) is 0 Å². The van der Waals surface area contributed by atoms with Crippen LogP contribution in [0.1, 0.15) is 0 Å². The molecule has 4 rings (SSSR count). The molecule has 0 saturated heterocycles. The fourth-order valence-electron chi connectivity index (χ4n) is 3.40. The molecule has 0 fully saturated rings. The first-order valence-electron chi connectivity index (χ1n) is 11.3. The van der Waals surface area contributed by atoms with Crippen molar-refractivity contribution in [3.8, 4) is 40.0 Å². The van der Waals surface area contributed by atoms with E-state index in [0.29, 0.717) is 28.5 Å². The smallest absolute Gasteiger partial charge is 0.407 e. The molecule has 0 aliphatic rings. The van der Waals surface area contributed by atoms with Gasteiger partial charge in [-0.25, -0.2) is 9.36 Å². The van der Waals surface area contributed by atoms with Gasteiger partial charge in [-0.05, 0) is 6.04 Å². The van der Waals surface area contributed by atoms with E-state index in [-0.39, 0.29) is 18.3 Å². The van der Waals surface area contributed by atoms with Crippen molar-refractivity contribution in [1.29, 1.82) is 0 Å². The molecule has 4 aromatic rings. The molecule has 13 heteroatoms. The standard InChI is InChI=1S/C23H28F2N6O4Si/c1-29-22(34-17-13-26-30(14-17)15-33-10-11-36(2,3)4)20(21(28-29)16-8-6-5-7-9-16)18-12-19(32)31(27-18)35-23(24)25/h5-9,12-14,23,32H,10-11,15H2,1-4H3. The second-order valence-electron chi connectivity index (χ2n) is 9.31. The number of aryl methyl sites for hydroxylation is 1. The van der Waals surface area contributed by atoms with Crippen LogP contribution in [0.2, 0.25) is 25.7 Å². The zero-order chi connectivity index (χ0) is 25.9. The van der Waals surface area contributed by atoms with Crippen molar-refractivity contribution in [2.75, 3.05) is 6.61 Å². The summed E-state index contributed by atoms with van der Waals surface area (Å²) < 4.78 is 40.5. The number of alkyl halides is 2. The third-order valence-corrected chi connectivity index (χ3v) is 6.89. The number of ether oxygens (including phenoxy) is 2. The molecule has 36 heavy (non-hydrogen) atoms. The van der Waals surface area contributed by atoms with Crippen molar-refractivity contribution < 1.29 is 28.2 Å². The SMILES string of the molecule is Cn1nc(-c2ccccc2)c(-c2cc(O)n(OC(F)F)n2)c1Oc1cnn(COCC[Si](C)(C)C)c1. The van der Waals surface area contributed by atoms with Crippen LogP contribution in [0.4, 0.5) is 8.78 Å². The van der Waals surface area contributed by atoms with Gasteiger partial charge in [0.15, 0.2) is 5.75 Å². The van der Waals surface area contributed by atoms with Crippen molar-refractivity contribution in [3.63, 3.8) is 0 Å². The maximum atomic E-state index is 12.7. The molecule has 192 valence electrons.